The Morgan fingerprint density at radius 1 is 0.578 bits per heavy atom. The molecular formula is C42H35N3. The second-order valence-corrected chi connectivity index (χ2v) is 12.4. The minimum atomic E-state index is -0.143. The third-order valence-electron chi connectivity index (χ3n) is 9.97. The summed E-state index contributed by atoms with van der Waals surface area (Å²) in [6.45, 7) is 7.09. The van der Waals surface area contributed by atoms with Crippen molar-refractivity contribution >= 4 is 0 Å². The van der Waals surface area contributed by atoms with Crippen LogP contribution in [0.5, 0.6) is 0 Å². The average molecular weight is 582 g/mol. The van der Waals surface area contributed by atoms with Crippen LogP contribution >= 0.6 is 0 Å². The Kier molecular flexibility index (Phi) is 6.75. The van der Waals surface area contributed by atoms with E-state index in [1.165, 1.54) is 51.8 Å². The summed E-state index contributed by atoms with van der Waals surface area (Å²) in [7, 11) is 0. The van der Waals surface area contributed by atoms with Crippen LogP contribution in [-0.4, -0.2) is 15.0 Å². The normalized spacial score (nSPS) is 18.5. The average Bonchev–Trinajstić information content (AvgIpc) is 3.40. The molecule has 6 aromatic rings. The van der Waals surface area contributed by atoms with Gasteiger partial charge in [0.2, 0.25) is 0 Å². The van der Waals surface area contributed by atoms with E-state index in [2.05, 4.69) is 73.7 Å². The number of fused-ring (bicyclic) bond motifs is 5. The fourth-order valence-corrected chi connectivity index (χ4v) is 7.64. The molecular weight excluding hydrogens is 546 g/mol. The second-order valence-electron chi connectivity index (χ2n) is 12.4. The standard InChI is InChI=1S/C42H35N3/c1-3-29-25-26-42(28(2)27-29)37-20-11-10-17-35(37)36-19-12-18-34(38(36)42)30-21-23-33(24-22-30)41-44-39(31-13-6-4-7-14-31)43-40(45-41)32-15-8-5-9-16-32/h4-24,29H,2-3,25-27H2,1H3. The summed E-state index contributed by atoms with van der Waals surface area (Å²) in [5, 5.41) is 0. The lowest BCUT2D eigenvalue weighted by Crippen LogP contribution is -2.33. The largest absolute Gasteiger partial charge is 0.208 e. The van der Waals surface area contributed by atoms with E-state index in [0.29, 0.717) is 23.4 Å². The summed E-state index contributed by atoms with van der Waals surface area (Å²) in [4.78, 5) is 14.8. The van der Waals surface area contributed by atoms with Gasteiger partial charge in [0.1, 0.15) is 0 Å². The summed E-state index contributed by atoms with van der Waals surface area (Å²) in [5.41, 5.74) is 12.2. The number of hydrogen-bond donors (Lipinski definition) is 0. The molecule has 0 aliphatic heterocycles. The smallest absolute Gasteiger partial charge is 0.164 e. The molecule has 3 nitrogen and oxygen atoms in total. The number of allylic oxidation sites excluding steroid dienone is 1. The molecule has 1 aromatic heterocycles. The highest BCUT2D eigenvalue weighted by Gasteiger charge is 2.48. The van der Waals surface area contributed by atoms with Crippen LogP contribution < -0.4 is 0 Å². The molecule has 3 heteroatoms. The van der Waals surface area contributed by atoms with Crippen molar-refractivity contribution in [1.29, 1.82) is 0 Å². The van der Waals surface area contributed by atoms with Gasteiger partial charge >= 0.3 is 0 Å². The number of benzene rings is 5. The summed E-state index contributed by atoms with van der Waals surface area (Å²) in [6.07, 6.45) is 4.63. The lowest BCUT2D eigenvalue weighted by atomic mass is 9.61. The third kappa shape index (κ3) is 4.54. The molecule has 1 fully saturated rings. The van der Waals surface area contributed by atoms with E-state index in [1.807, 2.05) is 60.7 Å². The summed E-state index contributed by atoms with van der Waals surface area (Å²) >= 11 is 0. The first-order valence-corrected chi connectivity index (χ1v) is 16.0. The van der Waals surface area contributed by atoms with Gasteiger partial charge in [0, 0.05) is 22.1 Å². The minimum absolute atomic E-state index is 0.143. The molecule has 1 spiro atoms. The van der Waals surface area contributed by atoms with Crippen molar-refractivity contribution in [3.63, 3.8) is 0 Å². The van der Waals surface area contributed by atoms with Crippen LogP contribution in [0.25, 0.3) is 56.4 Å². The Bertz CT molecular complexity index is 1970. The highest BCUT2D eigenvalue weighted by atomic mass is 15.0. The van der Waals surface area contributed by atoms with Crippen LogP contribution in [0.3, 0.4) is 0 Å². The SMILES string of the molecule is C=C1CC(CC)CCC12c1ccccc1-c1cccc(-c3ccc(-c4nc(-c5ccccc5)nc(-c5ccccc5)n4)cc3)c12. The number of nitrogens with zero attached hydrogens (tertiary/aromatic N) is 3. The van der Waals surface area contributed by atoms with E-state index in [9.17, 15) is 0 Å². The van der Waals surface area contributed by atoms with Crippen molar-refractivity contribution in [2.24, 2.45) is 5.92 Å². The Hall–Kier alpha value is -5.15. The topological polar surface area (TPSA) is 38.7 Å². The van der Waals surface area contributed by atoms with Gasteiger partial charge in [-0.2, -0.15) is 0 Å². The quantitative estimate of drug-likeness (QED) is 0.190. The van der Waals surface area contributed by atoms with E-state index < -0.39 is 0 Å². The van der Waals surface area contributed by atoms with Crippen molar-refractivity contribution in [1.82, 2.24) is 15.0 Å². The van der Waals surface area contributed by atoms with Gasteiger partial charge in [-0.05, 0) is 58.6 Å². The van der Waals surface area contributed by atoms with E-state index in [0.717, 1.165) is 29.5 Å². The van der Waals surface area contributed by atoms with E-state index >= 15 is 0 Å². The predicted octanol–water partition coefficient (Wildman–Crippen LogP) is 10.6. The lowest BCUT2D eigenvalue weighted by Gasteiger charge is -2.42. The van der Waals surface area contributed by atoms with Crippen LogP contribution in [-0.2, 0) is 5.41 Å². The molecule has 2 atom stereocenters. The van der Waals surface area contributed by atoms with Crippen molar-refractivity contribution < 1.29 is 0 Å². The second kappa shape index (κ2) is 11.1. The van der Waals surface area contributed by atoms with Crippen LogP contribution in [0.2, 0.25) is 0 Å². The summed E-state index contributed by atoms with van der Waals surface area (Å²) in [6, 6.07) is 44.9. The highest BCUT2D eigenvalue weighted by Crippen LogP contribution is 2.60. The van der Waals surface area contributed by atoms with Gasteiger partial charge in [-0.25, -0.2) is 15.0 Å². The fraction of sp³-hybridized carbons (Fsp3) is 0.167. The lowest BCUT2D eigenvalue weighted by molar-refractivity contribution is 0.339. The van der Waals surface area contributed by atoms with Crippen molar-refractivity contribution in [2.45, 2.75) is 38.0 Å². The maximum atomic E-state index is 4.95. The summed E-state index contributed by atoms with van der Waals surface area (Å²) in [5.74, 6) is 2.73. The van der Waals surface area contributed by atoms with Gasteiger partial charge in [0.15, 0.2) is 17.5 Å². The minimum Gasteiger partial charge on any atom is -0.208 e. The highest BCUT2D eigenvalue weighted by molar-refractivity contribution is 5.90. The third-order valence-corrected chi connectivity index (χ3v) is 9.97. The zero-order valence-electron chi connectivity index (χ0n) is 25.6. The molecule has 2 unspecified atom stereocenters. The zero-order chi connectivity index (χ0) is 30.4. The first-order chi connectivity index (χ1) is 22.2. The molecule has 0 N–H and O–H groups in total. The molecule has 8 rings (SSSR count). The molecule has 0 radical (unpaired) electrons. The maximum Gasteiger partial charge on any atom is 0.164 e. The molecule has 218 valence electrons. The zero-order valence-corrected chi connectivity index (χ0v) is 25.6. The van der Waals surface area contributed by atoms with Crippen LogP contribution in [0.1, 0.15) is 43.7 Å². The van der Waals surface area contributed by atoms with Crippen LogP contribution in [0.4, 0.5) is 0 Å². The van der Waals surface area contributed by atoms with E-state index in [4.69, 9.17) is 21.5 Å². The van der Waals surface area contributed by atoms with Gasteiger partial charge in [0.25, 0.3) is 0 Å². The van der Waals surface area contributed by atoms with Gasteiger partial charge in [-0.1, -0.05) is 153 Å². The van der Waals surface area contributed by atoms with Gasteiger partial charge < -0.3 is 0 Å². The van der Waals surface area contributed by atoms with Gasteiger partial charge in [-0.15, -0.1) is 0 Å². The Morgan fingerprint density at radius 2 is 1.09 bits per heavy atom. The molecule has 5 aromatic carbocycles. The predicted molar refractivity (Wildman–Crippen MR) is 185 cm³/mol. The van der Waals surface area contributed by atoms with Crippen LogP contribution in [0, 0.1) is 5.92 Å². The van der Waals surface area contributed by atoms with E-state index in [1.54, 1.807) is 0 Å². The monoisotopic (exact) mass is 581 g/mol. The number of rotatable bonds is 5. The first-order valence-electron chi connectivity index (χ1n) is 16.0. The van der Waals surface area contributed by atoms with Crippen LogP contribution in [0.15, 0.2) is 140 Å². The number of aromatic nitrogens is 3. The molecule has 45 heavy (non-hydrogen) atoms. The molecule has 1 heterocycles. The molecule has 0 amide bonds. The molecule has 1 saturated carbocycles. The molecule has 2 aliphatic carbocycles. The number of hydrogen-bond acceptors (Lipinski definition) is 3. The van der Waals surface area contributed by atoms with E-state index in [-0.39, 0.29) is 5.41 Å². The summed E-state index contributed by atoms with van der Waals surface area (Å²) < 4.78 is 0. The Morgan fingerprint density at radius 3 is 1.69 bits per heavy atom. The molecule has 0 bridgehead atoms. The van der Waals surface area contributed by atoms with Gasteiger partial charge in [-0.3, -0.25) is 0 Å². The Labute approximate surface area is 265 Å². The maximum absolute atomic E-state index is 4.95. The van der Waals surface area contributed by atoms with Gasteiger partial charge in [0.05, 0.1) is 0 Å². The molecule has 0 saturated heterocycles. The Balaban J connectivity index is 1.24. The first kappa shape index (κ1) is 27.4. The van der Waals surface area contributed by atoms with Crippen molar-refractivity contribution in [3.8, 4) is 56.4 Å². The van der Waals surface area contributed by atoms with Crippen molar-refractivity contribution in [2.75, 3.05) is 0 Å². The van der Waals surface area contributed by atoms with Crippen molar-refractivity contribution in [3.05, 3.63) is 151 Å². The molecule has 2 aliphatic rings. The fourth-order valence-electron chi connectivity index (χ4n) is 7.64.